The zero-order valence-corrected chi connectivity index (χ0v) is 14.4. The molecule has 132 valence electrons. The summed E-state index contributed by atoms with van der Waals surface area (Å²) < 4.78 is 10.1. The van der Waals surface area contributed by atoms with E-state index in [4.69, 9.17) is 9.47 Å². The van der Waals surface area contributed by atoms with Crippen molar-refractivity contribution in [3.05, 3.63) is 36.4 Å². The van der Waals surface area contributed by atoms with Crippen LogP contribution in [-0.4, -0.2) is 43.4 Å². The first-order valence-corrected chi connectivity index (χ1v) is 8.27. The lowest BCUT2D eigenvalue weighted by atomic mass is 9.96. The van der Waals surface area contributed by atoms with Crippen LogP contribution in [0.15, 0.2) is 36.4 Å². The largest absolute Gasteiger partial charge is 0.497 e. The van der Waals surface area contributed by atoms with E-state index < -0.39 is 0 Å². The molecule has 0 spiro atoms. The van der Waals surface area contributed by atoms with Crippen LogP contribution < -0.4 is 19.7 Å². The van der Waals surface area contributed by atoms with Gasteiger partial charge in [-0.2, -0.15) is 0 Å². The van der Waals surface area contributed by atoms with Gasteiger partial charge in [0.1, 0.15) is 5.75 Å². The topological polar surface area (TPSA) is 76.6 Å². The second kappa shape index (κ2) is 7.83. The highest BCUT2D eigenvalue weighted by molar-refractivity contribution is 5.92. The molecule has 2 heterocycles. The third-order valence-corrected chi connectivity index (χ3v) is 4.38. The van der Waals surface area contributed by atoms with Crippen molar-refractivity contribution in [2.24, 2.45) is 5.92 Å². The second-order valence-electron chi connectivity index (χ2n) is 5.91. The maximum absolute atomic E-state index is 12.4. The van der Waals surface area contributed by atoms with Crippen molar-refractivity contribution < 1.29 is 14.3 Å². The van der Waals surface area contributed by atoms with Crippen LogP contribution in [0.25, 0.3) is 0 Å². The van der Waals surface area contributed by atoms with E-state index in [1.807, 2.05) is 30.3 Å². The van der Waals surface area contributed by atoms with Gasteiger partial charge in [-0.3, -0.25) is 4.79 Å². The Morgan fingerprint density at radius 2 is 1.76 bits per heavy atom. The van der Waals surface area contributed by atoms with E-state index in [1.165, 1.54) is 0 Å². The summed E-state index contributed by atoms with van der Waals surface area (Å²) in [5.41, 5.74) is 0.786. The molecule has 1 saturated heterocycles. The van der Waals surface area contributed by atoms with E-state index in [-0.39, 0.29) is 11.8 Å². The number of hydrogen-bond acceptors (Lipinski definition) is 6. The monoisotopic (exact) mass is 342 g/mol. The van der Waals surface area contributed by atoms with Gasteiger partial charge in [0.05, 0.1) is 14.2 Å². The summed E-state index contributed by atoms with van der Waals surface area (Å²) in [6.45, 7) is 1.56. The summed E-state index contributed by atoms with van der Waals surface area (Å²) in [6, 6.07) is 11.0. The zero-order chi connectivity index (χ0) is 17.6. The Labute approximate surface area is 147 Å². The van der Waals surface area contributed by atoms with Crippen LogP contribution in [0.5, 0.6) is 11.6 Å². The van der Waals surface area contributed by atoms with Gasteiger partial charge in [-0.05, 0) is 43.2 Å². The van der Waals surface area contributed by atoms with Crippen molar-refractivity contribution >= 4 is 17.4 Å². The number of carbonyl (C=O) groups excluding carboxylic acids is 1. The fourth-order valence-corrected chi connectivity index (χ4v) is 2.88. The van der Waals surface area contributed by atoms with Crippen molar-refractivity contribution in [1.82, 2.24) is 10.2 Å². The average molecular weight is 342 g/mol. The van der Waals surface area contributed by atoms with Crippen LogP contribution >= 0.6 is 0 Å². The number of ether oxygens (including phenoxy) is 2. The Morgan fingerprint density at radius 1 is 1.04 bits per heavy atom. The lowest BCUT2D eigenvalue weighted by Gasteiger charge is -2.31. The highest BCUT2D eigenvalue weighted by Gasteiger charge is 2.25. The highest BCUT2D eigenvalue weighted by Crippen LogP contribution is 2.24. The number of methoxy groups -OCH3 is 2. The molecule has 7 heteroatoms. The first kappa shape index (κ1) is 17.0. The zero-order valence-electron chi connectivity index (χ0n) is 14.4. The van der Waals surface area contributed by atoms with Crippen LogP contribution in [0.1, 0.15) is 12.8 Å². The quantitative estimate of drug-likeness (QED) is 0.899. The molecule has 1 N–H and O–H groups in total. The average Bonchev–Trinajstić information content (AvgIpc) is 2.69. The SMILES string of the molecule is COc1ccc(NC(=O)C2CCN(c3ccc(OC)nn3)CC2)cc1. The van der Waals surface area contributed by atoms with Gasteiger partial charge in [0.2, 0.25) is 11.8 Å². The van der Waals surface area contributed by atoms with Crippen LogP contribution in [0.3, 0.4) is 0 Å². The number of rotatable bonds is 5. The molecule has 2 aromatic rings. The van der Waals surface area contributed by atoms with Crippen LogP contribution in [0.4, 0.5) is 11.5 Å². The fourth-order valence-electron chi connectivity index (χ4n) is 2.88. The van der Waals surface area contributed by atoms with E-state index in [1.54, 1.807) is 20.3 Å². The number of hydrogen-bond donors (Lipinski definition) is 1. The van der Waals surface area contributed by atoms with E-state index >= 15 is 0 Å². The van der Waals surface area contributed by atoms with Gasteiger partial charge in [0.25, 0.3) is 0 Å². The summed E-state index contributed by atoms with van der Waals surface area (Å²) in [4.78, 5) is 14.6. The maximum Gasteiger partial charge on any atom is 0.233 e. The second-order valence-corrected chi connectivity index (χ2v) is 5.91. The number of nitrogens with zero attached hydrogens (tertiary/aromatic N) is 3. The highest BCUT2D eigenvalue weighted by atomic mass is 16.5. The molecule has 1 aromatic heterocycles. The van der Waals surface area contributed by atoms with E-state index in [0.29, 0.717) is 5.88 Å². The van der Waals surface area contributed by atoms with Crippen LogP contribution in [0.2, 0.25) is 0 Å². The Balaban J connectivity index is 1.52. The number of amides is 1. The van der Waals surface area contributed by atoms with Crippen molar-refractivity contribution in [2.75, 3.05) is 37.5 Å². The third-order valence-electron chi connectivity index (χ3n) is 4.38. The van der Waals surface area contributed by atoms with E-state index in [2.05, 4.69) is 20.4 Å². The van der Waals surface area contributed by atoms with E-state index in [9.17, 15) is 4.79 Å². The minimum absolute atomic E-state index is 0.00422. The molecule has 1 aliphatic rings. The molecule has 0 aliphatic carbocycles. The standard InChI is InChI=1S/C18H22N4O3/c1-24-15-5-3-14(4-6-15)19-18(23)13-9-11-22(12-10-13)16-7-8-17(25-2)21-20-16/h3-8,13H,9-12H2,1-2H3,(H,19,23). The van der Waals surface area contributed by atoms with Gasteiger partial charge in [0, 0.05) is 30.8 Å². The van der Waals surface area contributed by atoms with Crippen LogP contribution in [0, 0.1) is 5.92 Å². The van der Waals surface area contributed by atoms with Gasteiger partial charge < -0.3 is 19.7 Å². The maximum atomic E-state index is 12.4. The minimum atomic E-state index is 0.00422. The molecular formula is C18H22N4O3. The van der Waals surface area contributed by atoms with Gasteiger partial charge in [0.15, 0.2) is 5.82 Å². The number of aromatic nitrogens is 2. The smallest absolute Gasteiger partial charge is 0.233 e. The normalized spacial score (nSPS) is 14.9. The lowest BCUT2D eigenvalue weighted by molar-refractivity contribution is -0.120. The molecule has 1 amide bonds. The Hall–Kier alpha value is -2.83. The van der Waals surface area contributed by atoms with Gasteiger partial charge >= 0.3 is 0 Å². The molecule has 1 aliphatic heterocycles. The van der Waals surface area contributed by atoms with Gasteiger partial charge in [-0.25, -0.2) is 0 Å². The number of carbonyl (C=O) groups is 1. The van der Waals surface area contributed by atoms with Crippen LogP contribution in [-0.2, 0) is 4.79 Å². The van der Waals surface area contributed by atoms with Crippen molar-refractivity contribution in [1.29, 1.82) is 0 Å². The Bertz CT molecular complexity index is 695. The predicted octanol–water partition coefficient (Wildman–Crippen LogP) is 2.35. The minimum Gasteiger partial charge on any atom is -0.497 e. The van der Waals surface area contributed by atoms with Crippen molar-refractivity contribution in [3.63, 3.8) is 0 Å². The third kappa shape index (κ3) is 4.17. The Kier molecular flexibility index (Phi) is 5.33. The fraction of sp³-hybridized carbons (Fsp3) is 0.389. The summed E-state index contributed by atoms with van der Waals surface area (Å²) >= 11 is 0. The molecule has 3 rings (SSSR count). The van der Waals surface area contributed by atoms with Crippen molar-refractivity contribution in [3.8, 4) is 11.6 Å². The number of piperidine rings is 1. The summed E-state index contributed by atoms with van der Waals surface area (Å²) in [5, 5.41) is 11.1. The van der Waals surface area contributed by atoms with Gasteiger partial charge in [-0.1, -0.05) is 0 Å². The molecule has 7 nitrogen and oxygen atoms in total. The molecule has 0 saturated carbocycles. The predicted molar refractivity (Wildman–Crippen MR) is 95.1 cm³/mol. The number of benzene rings is 1. The summed E-state index contributed by atoms with van der Waals surface area (Å²) in [7, 11) is 3.19. The molecule has 1 fully saturated rings. The molecular weight excluding hydrogens is 320 g/mol. The van der Waals surface area contributed by atoms with Crippen molar-refractivity contribution in [2.45, 2.75) is 12.8 Å². The molecule has 0 bridgehead atoms. The molecule has 25 heavy (non-hydrogen) atoms. The summed E-state index contributed by atoms with van der Waals surface area (Å²) in [6.07, 6.45) is 1.57. The Morgan fingerprint density at radius 3 is 2.32 bits per heavy atom. The number of nitrogens with one attached hydrogen (secondary N) is 1. The summed E-state index contributed by atoms with van der Waals surface area (Å²) in [5.74, 6) is 2.15. The number of anilines is 2. The first-order chi connectivity index (χ1) is 12.2. The lowest BCUT2D eigenvalue weighted by Crippen LogP contribution is -2.38. The molecule has 0 unspecified atom stereocenters. The molecule has 0 radical (unpaired) electrons. The molecule has 0 atom stereocenters. The van der Waals surface area contributed by atoms with E-state index in [0.717, 1.165) is 43.2 Å². The first-order valence-electron chi connectivity index (χ1n) is 8.27. The molecule has 1 aromatic carbocycles. The van der Waals surface area contributed by atoms with Gasteiger partial charge in [-0.15, -0.1) is 10.2 Å².